The molecule has 0 spiro atoms. The largest absolute Gasteiger partial charge is 0.352 e. The number of carbonyl (C=O) groups is 1. The van der Waals surface area contributed by atoms with E-state index in [2.05, 4.69) is 20.4 Å². The number of halogens is 1. The molecule has 1 aliphatic heterocycles. The molecule has 1 amide bonds. The SMILES string of the molecule is O=C(C[C@@H]1CSc2nc3c(cnn3-c3ccc(F)cc3)c(=O)n21)NCc1ccncc1. The summed E-state index contributed by atoms with van der Waals surface area (Å²) in [5.74, 6) is 0.0978. The van der Waals surface area contributed by atoms with E-state index in [-0.39, 0.29) is 29.7 Å². The molecule has 10 heteroatoms. The molecule has 0 saturated heterocycles. The van der Waals surface area contributed by atoms with Crippen LogP contribution in [0.4, 0.5) is 4.39 Å². The van der Waals surface area contributed by atoms with Gasteiger partial charge >= 0.3 is 0 Å². The van der Waals surface area contributed by atoms with Gasteiger partial charge in [-0.15, -0.1) is 0 Å². The number of fused-ring (bicyclic) bond motifs is 2. The van der Waals surface area contributed by atoms with Gasteiger partial charge in [0.1, 0.15) is 11.2 Å². The summed E-state index contributed by atoms with van der Waals surface area (Å²) in [6.07, 6.45) is 5.00. The molecule has 1 aromatic carbocycles. The third-order valence-corrected chi connectivity index (χ3v) is 6.20. The second kappa shape index (κ2) is 7.95. The number of benzene rings is 1. The number of pyridine rings is 1. The van der Waals surface area contributed by atoms with Crippen LogP contribution in [0, 0.1) is 5.82 Å². The lowest BCUT2D eigenvalue weighted by atomic mass is 10.2. The molecule has 4 aromatic rings. The molecule has 3 aromatic heterocycles. The molecule has 31 heavy (non-hydrogen) atoms. The highest BCUT2D eigenvalue weighted by Gasteiger charge is 2.29. The van der Waals surface area contributed by atoms with Crippen LogP contribution < -0.4 is 10.9 Å². The maximum absolute atomic E-state index is 13.2. The number of nitrogens with one attached hydrogen (secondary N) is 1. The third kappa shape index (κ3) is 3.70. The van der Waals surface area contributed by atoms with Gasteiger partial charge in [-0.05, 0) is 42.0 Å². The zero-order valence-electron chi connectivity index (χ0n) is 16.2. The van der Waals surface area contributed by atoms with Gasteiger partial charge in [-0.1, -0.05) is 11.8 Å². The lowest BCUT2D eigenvalue weighted by Gasteiger charge is -2.13. The molecule has 0 saturated carbocycles. The van der Waals surface area contributed by atoms with E-state index in [9.17, 15) is 14.0 Å². The van der Waals surface area contributed by atoms with Crippen molar-refractivity contribution < 1.29 is 9.18 Å². The number of amides is 1. The van der Waals surface area contributed by atoms with E-state index in [1.54, 1.807) is 29.1 Å². The molecule has 1 atom stereocenters. The number of thioether (sulfide) groups is 1. The summed E-state index contributed by atoms with van der Waals surface area (Å²) < 4.78 is 16.3. The number of aromatic nitrogens is 5. The van der Waals surface area contributed by atoms with Crippen molar-refractivity contribution in [2.24, 2.45) is 0 Å². The first-order valence-corrected chi connectivity index (χ1v) is 10.6. The summed E-state index contributed by atoms with van der Waals surface area (Å²) in [4.78, 5) is 34.2. The zero-order valence-corrected chi connectivity index (χ0v) is 17.1. The van der Waals surface area contributed by atoms with Crippen LogP contribution >= 0.6 is 11.8 Å². The van der Waals surface area contributed by atoms with Gasteiger partial charge < -0.3 is 5.32 Å². The Bertz CT molecular complexity index is 1320. The minimum Gasteiger partial charge on any atom is -0.352 e. The molecule has 0 aliphatic carbocycles. The maximum Gasteiger partial charge on any atom is 0.265 e. The molecule has 0 radical (unpaired) electrons. The number of nitrogens with zero attached hydrogens (tertiary/aromatic N) is 5. The Morgan fingerprint density at radius 3 is 2.74 bits per heavy atom. The summed E-state index contributed by atoms with van der Waals surface area (Å²) in [5, 5.41) is 8.06. The van der Waals surface area contributed by atoms with Crippen molar-refractivity contribution in [3.63, 3.8) is 0 Å². The van der Waals surface area contributed by atoms with E-state index >= 15 is 0 Å². The van der Waals surface area contributed by atoms with Gasteiger partial charge in [0.05, 0.1) is 17.9 Å². The topological polar surface area (TPSA) is 94.7 Å². The van der Waals surface area contributed by atoms with Crippen molar-refractivity contribution in [1.82, 2.24) is 29.6 Å². The van der Waals surface area contributed by atoms with Crippen LogP contribution in [0.25, 0.3) is 16.7 Å². The molecule has 8 nitrogen and oxygen atoms in total. The van der Waals surface area contributed by atoms with Crippen molar-refractivity contribution in [2.45, 2.75) is 24.2 Å². The molecule has 1 aliphatic rings. The van der Waals surface area contributed by atoms with E-state index in [1.165, 1.54) is 34.8 Å². The minimum absolute atomic E-state index is 0.135. The number of hydrogen-bond donors (Lipinski definition) is 1. The highest BCUT2D eigenvalue weighted by molar-refractivity contribution is 7.99. The maximum atomic E-state index is 13.2. The quantitative estimate of drug-likeness (QED) is 0.483. The van der Waals surface area contributed by atoms with Gasteiger partial charge in [0.2, 0.25) is 5.91 Å². The zero-order chi connectivity index (χ0) is 21.4. The normalized spacial score (nSPS) is 15.2. The van der Waals surface area contributed by atoms with E-state index in [0.717, 1.165) is 5.56 Å². The van der Waals surface area contributed by atoms with E-state index < -0.39 is 0 Å². The van der Waals surface area contributed by atoms with E-state index in [1.807, 2.05) is 12.1 Å². The second-order valence-electron chi connectivity index (χ2n) is 7.14. The predicted octanol–water partition coefficient (Wildman–Crippen LogP) is 2.47. The van der Waals surface area contributed by atoms with Gasteiger partial charge in [0.25, 0.3) is 5.56 Å². The first kappa shape index (κ1) is 19.4. The summed E-state index contributed by atoms with van der Waals surface area (Å²) >= 11 is 1.43. The average Bonchev–Trinajstić information content (AvgIpc) is 3.39. The van der Waals surface area contributed by atoms with Crippen LogP contribution in [0.15, 0.2) is 64.9 Å². The van der Waals surface area contributed by atoms with Crippen molar-refractivity contribution in [3.05, 3.63) is 76.7 Å². The average molecular weight is 436 g/mol. The monoisotopic (exact) mass is 436 g/mol. The first-order chi connectivity index (χ1) is 15.1. The Morgan fingerprint density at radius 2 is 1.97 bits per heavy atom. The van der Waals surface area contributed by atoms with Crippen LogP contribution in [0.1, 0.15) is 18.0 Å². The Balaban J connectivity index is 1.39. The summed E-state index contributed by atoms with van der Waals surface area (Å²) in [5.41, 5.74) is 1.75. The molecule has 4 heterocycles. The molecule has 0 unspecified atom stereocenters. The Kier molecular flexibility index (Phi) is 4.99. The molecular weight excluding hydrogens is 419 g/mol. The van der Waals surface area contributed by atoms with Gasteiger partial charge in [-0.2, -0.15) is 5.10 Å². The fraction of sp³-hybridized carbons (Fsp3) is 0.190. The van der Waals surface area contributed by atoms with Crippen LogP contribution in [0.5, 0.6) is 0 Å². The van der Waals surface area contributed by atoms with E-state index in [4.69, 9.17) is 0 Å². The van der Waals surface area contributed by atoms with Crippen LogP contribution in [0.2, 0.25) is 0 Å². The first-order valence-electron chi connectivity index (χ1n) is 9.65. The van der Waals surface area contributed by atoms with Gasteiger partial charge in [0, 0.05) is 31.1 Å². The molecular formula is C21H17FN6O2S. The molecule has 1 N–H and O–H groups in total. The smallest absolute Gasteiger partial charge is 0.265 e. The third-order valence-electron chi connectivity index (χ3n) is 5.10. The standard InChI is InChI=1S/C21H17FN6O2S/c22-14-1-3-15(4-2-14)28-19-17(11-25-28)20(30)27-16(12-31-21(27)26-19)9-18(29)24-10-13-5-7-23-8-6-13/h1-8,11,16H,9-10,12H2,(H,24,29)/t16-/m1/s1. The Morgan fingerprint density at radius 1 is 1.19 bits per heavy atom. The summed E-state index contributed by atoms with van der Waals surface area (Å²) in [6.45, 7) is 0.407. The number of rotatable bonds is 5. The molecule has 0 fully saturated rings. The highest BCUT2D eigenvalue weighted by Crippen LogP contribution is 2.33. The Labute approximate surface area is 180 Å². The highest BCUT2D eigenvalue weighted by atomic mass is 32.2. The van der Waals surface area contributed by atoms with Crippen molar-refractivity contribution in [2.75, 3.05) is 5.75 Å². The fourth-order valence-corrected chi connectivity index (χ4v) is 4.67. The number of carbonyl (C=O) groups excluding carboxylic acids is 1. The molecule has 156 valence electrons. The minimum atomic E-state index is -0.352. The Hall–Kier alpha value is -3.53. The predicted molar refractivity (Wildman–Crippen MR) is 114 cm³/mol. The van der Waals surface area contributed by atoms with Crippen LogP contribution in [0.3, 0.4) is 0 Å². The summed E-state index contributed by atoms with van der Waals surface area (Å²) in [7, 11) is 0. The van der Waals surface area contributed by atoms with Gasteiger partial charge in [-0.3, -0.25) is 19.1 Å². The van der Waals surface area contributed by atoms with Gasteiger partial charge in [-0.25, -0.2) is 14.1 Å². The van der Waals surface area contributed by atoms with Gasteiger partial charge in [0.15, 0.2) is 10.8 Å². The molecule has 5 rings (SSSR count). The lowest BCUT2D eigenvalue weighted by molar-refractivity contribution is -0.121. The second-order valence-corrected chi connectivity index (χ2v) is 8.13. The van der Waals surface area contributed by atoms with E-state index in [0.29, 0.717) is 34.2 Å². The fourth-order valence-electron chi connectivity index (χ4n) is 3.54. The van der Waals surface area contributed by atoms with Crippen molar-refractivity contribution in [1.29, 1.82) is 0 Å². The summed E-state index contributed by atoms with van der Waals surface area (Å²) in [6, 6.07) is 9.22. The van der Waals surface area contributed by atoms with Crippen molar-refractivity contribution >= 4 is 28.7 Å². The number of hydrogen-bond acceptors (Lipinski definition) is 6. The molecule has 0 bridgehead atoms. The van der Waals surface area contributed by atoms with Crippen molar-refractivity contribution in [3.8, 4) is 5.69 Å². The van der Waals surface area contributed by atoms with Crippen LogP contribution in [-0.2, 0) is 11.3 Å². The van der Waals surface area contributed by atoms with Crippen LogP contribution in [-0.4, -0.2) is 36.0 Å². The lowest BCUT2D eigenvalue weighted by Crippen LogP contribution is -2.30.